The Kier molecular flexibility index (Phi) is 6.47. The molecule has 2 unspecified atom stereocenters. The molecule has 0 spiro atoms. The number of nitrogens with one attached hydrogen (secondary N) is 2. The predicted octanol–water partition coefficient (Wildman–Crippen LogP) is 2.28. The monoisotopic (exact) mass is 386 g/mol. The third kappa shape index (κ3) is 5.45. The summed E-state index contributed by atoms with van der Waals surface area (Å²) in [6.07, 6.45) is 0.542. The van der Waals surface area contributed by atoms with Gasteiger partial charge in [-0.25, -0.2) is 4.39 Å². The van der Waals surface area contributed by atoms with E-state index in [-0.39, 0.29) is 29.5 Å². The van der Waals surface area contributed by atoms with E-state index in [1.807, 2.05) is 0 Å². The van der Waals surface area contributed by atoms with Gasteiger partial charge in [0.1, 0.15) is 23.9 Å². The van der Waals surface area contributed by atoms with Gasteiger partial charge in [0.2, 0.25) is 11.8 Å². The number of methoxy groups -OCH3 is 1. The van der Waals surface area contributed by atoms with E-state index < -0.39 is 0 Å². The summed E-state index contributed by atoms with van der Waals surface area (Å²) >= 11 is 0. The van der Waals surface area contributed by atoms with E-state index in [1.165, 1.54) is 12.1 Å². The number of halogens is 1. The van der Waals surface area contributed by atoms with E-state index in [1.54, 1.807) is 43.5 Å². The molecule has 1 aliphatic carbocycles. The first-order chi connectivity index (χ1) is 13.6. The molecule has 1 aliphatic rings. The zero-order chi connectivity index (χ0) is 19.9. The van der Waals surface area contributed by atoms with Crippen molar-refractivity contribution in [3.05, 3.63) is 59.9 Å². The van der Waals surface area contributed by atoms with Crippen LogP contribution in [-0.4, -0.2) is 32.1 Å². The van der Waals surface area contributed by atoms with Crippen molar-refractivity contribution in [3.63, 3.8) is 0 Å². The fourth-order valence-electron chi connectivity index (χ4n) is 2.84. The van der Waals surface area contributed by atoms with E-state index in [0.717, 1.165) is 11.3 Å². The van der Waals surface area contributed by atoms with Crippen molar-refractivity contribution in [1.82, 2.24) is 10.6 Å². The minimum absolute atomic E-state index is 0.139. The Bertz CT molecular complexity index is 808. The van der Waals surface area contributed by atoms with Gasteiger partial charge < -0.3 is 20.1 Å². The molecule has 0 aromatic heterocycles. The number of benzene rings is 2. The molecule has 1 fully saturated rings. The van der Waals surface area contributed by atoms with Crippen LogP contribution in [0.4, 0.5) is 4.39 Å². The van der Waals surface area contributed by atoms with Crippen molar-refractivity contribution in [3.8, 4) is 11.5 Å². The summed E-state index contributed by atoms with van der Waals surface area (Å²) in [5.74, 6) is 0.235. The van der Waals surface area contributed by atoms with Crippen LogP contribution >= 0.6 is 0 Å². The molecule has 0 heterocycles. The van der Waals surface area contributed by atoms with Crippen molar-refractivity contribution in [2.45, 2.75) is 13.0 Å². The lowest BCUT2D eigenvalue weighted by molar-refractivity contribution is -0.127. The summed E-state index contributed by atoms with van der Waals surface area (Å²) in [6.45, 7) is 1.02. The van der Waals surface area contributed by atoms with E-state index in [4.69, 9.17) is 9.47 Å². The molecule has 2 atom stereocenters. The zero-order valence-corrected chi connectivity index (χ0v) is 15.6. The standard InChI is InChI=1S/C21H23FN2O4/c1-27-16-6-8-17(9-7-16)28-11-10-23-20(25)18-12-19(18)21(26)24-13-14-2-4-15(22)5-3-14/h2-9,18-19H,10-13H2,1H3,(H,23,25)(H,24,26). The third-order valence-corrected chi connectivity index (χ3v) is 4.57. The average molecular weight is 386 g/mol. The normalized spacial score (nSPS) is 17.5. The zero-order valence-electron chi connectivity index (χ0n) is 15.6. The summed E-state index contributed by atoms with van der Waals surface area (Å²) in [6, 6.07) is 13.1. The van der Waals surface area contributed by atoms with E-state index in [0.29, 0.717) is 31.9 Å². The quantitative estimate of drug-likeness (QED) is 0.649. The lowest BCUT2D eigenvalue weighted by Gasteiger charge is -2.08. The third-order valence-electron chi connectivity index (χ3n) is 4.57. The van der Waals surface area contributed by atoms with Gasteiger partial charge in [0, 0.05) is 6.54 Å². The fourth-order valence-corrected chi connectivity index (χ4v) is 2.84. The molecule has 0 aliphatic heterocycles. The molecule has 0 radical (unpaired) electrons. The molecule has 7 heteroatoms. The molecular weight excluding hydrogens is 363 g/mol. The van der Waals surface area contributed by atoms with Crippen molar-refractivity contribution >= 4 is 11.8 Å². The van der Waals surface area contributed by atoms with Crippen molar-refractivity contribution in [2.75, 3.05) is 20.3 Å². The maximum Gasteiger partial charge on any atom is 0.224 e. The van der Waals surface area contributed by atoms with Gasteiger partial charge in [-0.05, 0) is 48.4 Å². The van der Waals surface area contributed by atoms with Crippen LogP contribution in [0.1, 0.15) is 12.0 Å². The van der Waals surface area contributed by atoms with Crippen LogP contribution < -0.4 is 20.1 Å². The second kappa shape index (κ2) is 9.21. The smallest absolute Gasteiger partial charge is 0.224 e. The molecule has 148 valence electrons. The average Bonchev–Trinajstić information content (AvgIpc) is 3.52. The highest BCUT2D eigenvalue weighted by Gasteiger charge is 2.47. The summed E-state index contributed by atoms with van der Waals surface area (Å²) in [7, 11) is 1.60. The van der Waals surface area contributed by atoms with E-state index in [2.05, 4.69) is 10.6 Å². The van der Waals surface area contributed by atoms with Crippen LogP contribution in [0.15, 0.2) is 48.5 Å². The van der Waals surface area contributed by atoms with Crippen LogP contribution in [-0.2, 0) is 16.1 Å². The minimum atomic E-state index is -0.315. The number of hydrogen-bond acceptors (Lipinski definition) is 4. The van der Waals surface area contributed by atoms with E-state index >= 15 is 0 Å². The maximum atomic E-state index is 12.9. The van der Waals surface area contributed by atoms with Gasteiger partial charge in [0.15, 0.2) is 0 Å². The summed E-state index contributed by atoms with van der Waals surface area (Å²) in [4.78, 5) is 24.2. The molecule has 6 nitrogen and oxygen atoms in total. The number of rotatable bonds is 9. The Labute approximate surface area is 163 Å². The molecule has 28 heavy (non-hydrogen) atoms. The minimum Gasteiger partial charge on any atom is -0.497 e. The molecular formula is C21H23FN2O4. The molecule has 2 N–H and O–H groups in total. The van der Waals surface area contributed by atoms with Crippen LogP contribution in [0.5, 0.6) is 11.5 Å². The Morgan fingerprint density at radius 3 is 2.21 bits per heavy atom. The highest BCUT2D eigenvalue weighted by molar-refractivity contribution is 5.92. The summed E-state index contributed by atoms with van der Waals surface area (Å²) in [5.41, 5.74) is 0.812. The van der Waals surface area contributed by atoms with Crippen molar-refractivity contribution < 1.29 is 23.5 Å². The number of carbonyl (C=O) groups is 2. The van der Waals surface area contributed by atoms with Crippen LogP contribution in [0, 0.1) is 17.7 Å². The number of carbonyl (C=O) groups excluding carboxylic acids is 2. The summed E-state index contributed by atoms with van der Waals surface area (Å²) < 4.78 is 23.5. The van der Waals surface area contributed by atoms with Gasteiger partial charge in [-0.1, -0.05) is 12.1 Å². The van der Waals surface area contributed by atoms with Gasteiger partial charge in [0.25, 0.3) is 0 Å². The van der Waals surface area contributed by atoms with Gasteiger partial charge >= 0.3 is 0 Å². The second-order valence-electron chi connectivity index (χ2n) is 6.61. The van der Waals surface area contributed by atoms with Gasteiger partial charge in [0.05, 0.1) is 25.5 Å². The van der Waals surface area contributed by atoms with Crippen LogP contribution in [0.25, 0.3) is 0 Å². The van der Waals surface area contributed by atoms with Gasteiger partial charge in [-0.15, -0.1) is 0 Å². The Hall–Kier alpha value is -3.09. The molecule has 2 amide bonds. The topological polar surface area (TPSA) is 76.7 Å². The predicted molar refractivity (Wildman–Crippen MR) is 101 cm³/mol. The van der Waals surface area contributed by atoms with Crippen molar-refractivity contribution in [2.24, 2.45) is 11.8 Å². The Balaban J connectivity index is 1.32. The fraction of sp³-hybridized carbons (Fsp3) is 0.333. The first kappa shape index (κ1) is 19.7. The number of amides is 2. The second-order valence-corrected chi connectivity index (χ2v) is 6.61. The summed E-state index contributed by atoms with van der Waals surface area (Å²) in [5, 5.41) is 5.58. The first-order valence-corrected chi connectivity index (χ1v) is 9.13. The van der Waals surface area contributed by atoms with Gasteiger partial charge in [-0.3, -0.25) is 9.59 Å². The highest BCUT2D eigenvalue weighted by Crippen LogP contribution is 2.38. The maximum absolute atomic E-state index is 12.9. The Morgan fingerprint density at radius 1 is 0.964 bits per heavy atom. The molecule has 0 bridgehead atoms. The van der Waals surface area contributed by atoms with E-state index in [9.17, 15) is 14.0 Å². The lowest BCUT2D eigenvalue weighted by atomic mass is 10.2. The van der Waals surface area contributed by atoms with Crippen molar-refractivity contribution in [1.29, 1.82) is 0 Å². The SMILES string of the molecule is COc1ccc(OCCNC(=O)C2CC2C(=O)NCc2ccc(F)cc2)cc1. The lowest BCUT2D eigenvalue weighted by Crippen LogP contribution is -2.32. The molecule has 3 rings (SSSR count). The molecule has 2 aromatic rings. The molecule has 1 saturated carbocycles. The number of hydrogen-bond donors (Lipinski definition) is 2. The number of ether oxygens (including phenoxy) is 2. The van der Waals surface area contributed by atoms with Crippen LogP contribution in [0.3, 0.4) is 0 Å². The Morgan fingerprint density at radius 2 is 1.57 bits per heavy atom. The first-order valence-electron chi connectivity index (χ1n) is 9.13. The highest BCUT2D eigenvalue weighted by atomic mass is 19.1. The molecule has 2 aromatic carbocycles. The largest absolute Gasteiger partial charge is 0.497 e. The van der Waals surface area contributed by atoms with Gasteiger partial charge in [-0.2, -0.15) is 0 Å². The van der Waals surface area contributed by atoms with Crippen LogP contribution in [0.2, 0.25) is 0 Å². The molecule has 0 saturated heterocycles.